The first-order chi connectivity index (χ1) is 9.01. The van der Waals surface area contributed by atoms with Gasteiger partial charge in [-0.05, 0) is 55.3 Å². The van der Waals surface area contributed by atoms with E-state index in [9.17, 15) is 9.18 Å². The highest BCUT2D eigenvalue weighted by atomic mass is 19.1. The summed E-state index contributed by atoms with van der Waals surface area (Å²) in [6.45, 7) is 4.02. The van der Waals surface area contributed by atoms with E-state index in [1.165, 1.54) is 6.07 Å². The molecule has 0 aliphatic heterocycles. The second kappa shape index (κ2) is 5.22. The molecule has 0 N–H and O–H groups in total. The zero-order chi connectivity index (χ0) is 14.0. The molecule has 0 amide bonds. The molecule has 0 unspecified atom stereocenters. The average molecular weight is 257 g/mol. The van der Waals surface area contributed by atoms with Crippen LogP contribution in [0.5, 0.6) is 0 Å². The van der Waals surface area contributed by atoms with E-state index < -0.39 is 5.82 Å². The Balaban J connectivity index is 2.43. The van der Waals surface area contributed by atoms with Crippen LogP contribution in [-0.2, 0) is 0 Å². The number of carbonyl (C=O) groups excluding carboxylic acids is 1. The minimum absolute atomic E-state index is 0.343. The number of benzene rings is 2. The number of nitrogens with zero attached hydrogens (tertiary/aromatic N) is 1. The maximum Gasteiger partial charge on any atom is 0.150 e. The molecule has 0 saturated heterocycles. The second-order valence-corrected chi connectivity index (χ2v) is 4.73. The summed E-state index contributed by atoms with van der Waals surface area (Å²) in [7, 11) is 1.81. The summed E-state index contributed by atoms with van der Waals surface area (Å²) in [5.41, 5.74) is 3.99. The molecule has 2 nitrogen and oxygen atoms in total. The third-order valence-corrected chi connectivity index (χ3v) is 3.06. The van der Waals surface area contributed by atoms with E-state index in [2.05, 4.69) is 6.07 Å². The Morgan fingerprint density at radius 2 is 1.68 bits per heavy atom. The molecule has 19 heavy (non-hydrogen) atoms. The van der Waals surface area contributed by atoms with E-state index in [0.717, 1.165) is 16.8 Å². The summed E-state index contributed by atoms with van der Waals surface area (Å²) in [5, 5.41) is 0. The maximum atomic E-state index is 14.0. The van der Waals surface area contributed by atoms with Gasteiger partial charge in [-0.15, -0.1) is 0 Å². The van der Waals surface area contributed by atoms with Crippen molar-refractivity contribution >= 4 is 17.7 Å². The van der Waals surface area contributed by atoms with Crippen LogP contribution in [0.3, 0.4) is 0 Å². The third kappa shape index (κ3) is 2.81. The summed E-state index contributed by atoms with van der Waals surface area (Å²) in [4.78, 5) is 12.4. The number of carbonyl (C=O) groups is 1. The molecule has 0 aliphatic carbocycles. The van der Waals surface area contributed by atoms with E-state index in [1.54, 1.807) is 17.0 Å². The molecule has 3 heteroatoms. The molecule has 0 spiro atoms. The lowest BCUT2D eigenvalue weighted by Gasteiger charge is -2.21. The van der Waals surface area contributed by atoms with E-state index in [0.29, 0.717) is 17.5 Å². The Hall–Kier alpha value is -2.16. The molecule has 2 rings (SSSR count). The second-order valence-electron chi connectivity index (χ2n) is 4.73. The summed E-state index contributed by atoms with van der Waals surface area (Å²) in [5.74, 6) is -0.397. The lowest BCUT2D eigenvalue weighted by atomic mass is 10.1. The first-order valence-corrected chi connectivity index (χ1v) is 6.08. The maximum absolute atomic E-state index is 14.0. The topological polar surface area (TPSA) is 20.3 Å². The van der Waals surface area contributed by atoms with Gasteiger partial charge < -0.3 is 4.90 Å². The van der Waals surface area contributed by atoms with Crippen molar-refractivity contribution in [3.05, 3.63) is 58.9 Å². The van der Waals surface area contributed by atoms with Gasteiger partial charge in [0.2, 0.25) is 0 Å². The van der Waals surface area contributed by atoms with Gasteiger partial charge in [-0.1, -0.05) is 6.07 Å². The number of anilines is 2. The molecule has 2 aromatic rings. The Bertz CT molecular complexity index is 602. The molecule has 0 fully saturated rings. The van der Waals surface area contributed by atoms with E-state index in [-0.39, 0.29) is 0 Å². The smallest absolute Gasteiger partial charge is 0.150 e. The molecule has 0 saturated carbocycles. The molecule has 0 aliphatic rings. The van der Waals surface area contributed by atoms with Crippen LogP contribution < -0.4 is 4.90 Å². The van der Waals surface area contributed by atoms with Gasteiger partial charge in [0, 0.05) is 18.3 Å². The van der Waals surface area contributed by atoms with Gasteiger partial charge in [0.25, 0.3) is 0 Å². The fourth-order valence-electron chi connectivity index (χ4n) is 2.15. The number of hydrogen-bond donors (Lipinski definition) is 0. The van der Waals surface area contributed by atoms with Crippen molar-refractivity contribution in [2.24, 2.45) is 0 Å². The average Bonchev–Trinajstić information content (AvgIpc) is 2.36. The largest absolute Gasteiger partial charge is 0.342 e. The highest BCUT2D eigenvalue weighted by Crippen LogP contribution is 2.28. The predicted octanol–water partition coefficient (Wildman–Crippen LogP) is 4.02. The van der Waals surface area contributed by atoms with Crippen molar-refractivity contribution in [2.75, 3.05) is 11.9 Å². The quantitative estimate of drug-likeness (QED) is 0.774. The minimum atomic E-state index is -0.397. The van der Waals surface area contributed by atoms with E-state index >= 15 is 0 Å². The van der Waals surface area contributed by atoms with Crippen molar-refractivity contribution in [2.45, 2.75) is 13.8 Å². The first kappa shape index (κ1) is 13.3. The van der Waals surface area contributed by atoms with Crippen molar-refractivity contribution < 1.29 is 9.18 Å². The van der Waals surface area contributed by atoms with Crippen molar-refractivity contribution in [3.63, 3.8) is 0 Å². The molecule has 0 atom stereocenters. The van der Waals surface area contributed by atoms with Gasteiger partial charge in [-0.2, -0.15) is 0 Å². The molecular formula is C16H16FNO. The van der Waals surface area contributed by atoms with Crippen LogP contribution in [0.15, 0.2) is 36.4 Å². The van der Waals surface area contributed by atoms with Gasteiger partial charge in [0.15, 0.2) is 0 Å². The monoisotopic (exact) mass is 257 g/mol. The molecular weight excluding hydrogens is 241 g/mol. The Morgan fingerprint density at radius 3 is 2.21 bits per heavy atom. The number of hydrogen-bond acceptors (Lipinski definition) is 2. The summed E-state index contributed by atoms with van der Waals surface area (Å²) in [6.07, 6.45) is 0.643. The molecule has 98 valence electrons. The summed E-state index contributed by atoms with van der Waals surface area (Å²) < 4.78 is 14.0. The lowest BCUT2D eigenvalue weighted by molar-refractivity contribution is 0.112. The molecule has 0 bridgehead atoms. The molecule has 0 radical (unpaired) electrons. The van der Waals surface area contributed by atoms with Gasteiger partial charge in [0.05, 0.1) is 5.69 Å². The van der Waals surface area contributed by atoms with Crippen LogP contribution >= 0.6 is 0 Å². The number of aldehydes is 1. The van der Waals surface area contributed by atoms with Crippen molar-refractivity contribution in [1.82, 2.24) is 0 Å². The number of halogens is 1. The van der Waals surface area contributed by atoms with Gasteiger partial charge in [-0.3, -0.25) is 4.79 Å². The first-order valence-electron chi connectivity index (χ1n) is 6.08. The predicted molar refractivity (Wildman–Crippen MR) is 75.8 cm³/mol. The highest BCUT2D eigenvalue weighted by Gasteiger charge is 2.10. The van der Waals surface area contributed by atoms with Gasteiger partial charge in [0.1, 0.15) is 12.1 Å². The van der Waals surface area contributed by atoms with Crippen LogP contribution in [0.4, 0.5) is 15.8 Å². The SMILES string of the molecule is Cc1cc(C)cc(N(C)c2ccc(C=O)cc2F)c1. The van der Waals surface area contributed by atoms with Crippen LogP contribution in [0.2, 0.25) is 0 Å². The standard InChI is InChI=1S/C16H16FNO/c1-11-6-12(2)8-14(7-11)18(3)16-5-4-13(10-19)9-15(16)17/h4-10H,1-3H3. The summed E-state index contributed by atoms with van der Waals surface area (Å²) in [6, 6.07) is 10.6. The third-order valence-electron chi connectivity index (χ3n) is 3.06. The fourth-order valence-corrected chi connectivity index (χ4v) is 2.15. The van der Waals surface area contributed by atoms with E-state index in [1.807, 2.05) is 33.0 Å². The Labute approximate surface area is 112 Å². The normalized spacial score (nSPS) is 10.3. The van der Waals surface area contributed by atoms with Gasteiger partial charge in [-0.25, -0.2) is 4.39 Å². The zero-order valence-electron chi connectivity index (χ0n) is 11.3. The minimum Gasteiger partial charge on any atom is -0.342 e. The highest BCUT2D eigenvalue weighted by molar-refractivity contribution is 5.77. The van der Waals surface area contributed by atoms with Gasteiger partial charge >= 0.3 is 0 Å². The molecule has 2 aromatic carbocycles. The van der Waals surface area contributed by atoms with Crippen LogP contribution in [0.25, 0.3) is 0 Å². The van der Waals surface area contributed by atoms with Crippen LogP contribution in [0.1, 0.15) is 21.5 Å². The van der Waals surface area contributed by atoms with E-state index in [4.69, 9.17) is 0 Å². The molecule has 0 aromatic heterocycles. The number of rotatable bonds is 3. The molecule has 0 heterocycles. The van der Waals surface area contributed by atoms with Crippen molar-refractivity contribution in [1.29, 1.82) is 0 Å². The lowest BCUT2D eigenvalue weighted by Crippen LogP contribution is -2.11. The van der Waals surface area contributed by atoms with Crippen LogP contribution in [-0.4, -0.2) is 13.3 Å². The Kier molecular flexibility index (Phi) is 3.65. The van der Waals surface area contributed by atoms with Crippen LogP contribution in [0, 0.1) is 19.7 Å². The number of aryl methyl sites for hydroxylation is 2. The Morgan fingerprint density at radius 1 is 1.05 bits per heavy atom. The fraction of sp³-hybridized carbons (Fsp3) is 0.188. The van der Waals surface area contributed by atoms with Crippen molar-refractivity contribution in [3.8, 4) is 0 Å². The zero-order valence-corrected chi connectivity index (χ0v) is 11.3. The summed E-state index contributed by atoms with van der Waals surface area (Å²) >= 11 is 0.